The van der Waals surface area contributed by atoms with E-state index in [2.05, 4.69) is 21.2 Å². The van der Waals surface area contributed by atoms with Gasteiger partial charge in [-0.2, -0.15) is 0 Å². The minimum absolute atomic E-state index is 0.0128. The van der Waals surface area contributed by atoms with Crippen molar-refractivity contribution in [1.29, 1.82) is 0 Å². The standard InChI is InChI=1S/C14H12BrF2NO2/c1-20-12-4-2-3-8(14(12)19)7-18-13-10(15)5-9(16)6-11(13)17/h2-6,18-19H,7H2,1H3. The molecule has 2 rings (SSSR count). The summed E-state index contributed by atoms with van der Waals surface area (Å²) >= 11 is 3.09. The van der Waals surface area contributed by atoms with Gasteiger partial charge in [-0.25, -0.2) is 8.78 Å². The van der Waals surface area contributed by atoms with E-state index >= 15 is 0 Å². The van der Waals surface area contributed by atoms with Crippen LogP contribution < -0.4 is 10.1 Å². The van der Waals surface area contributed by atoms with Gasteiger partial charge in [0.2, 0.25) is 0 Å². The second-order valence-corrected chi connectivity index (χ2v) is 4.92. The van der Waals surface area contributed by atoms with Crippen LogP contribution in [0, 0.1) is 11.6 Å². The Morgan fingerprint density at radius 1 is 1.30 bits per heavy atom. The van der Waals surface area contributed by atoms with Crippen LogP contribution in [0.25, 0.3) is 0 Å². The first-order chi connectivity index (χ1) is 9.52. The number of aromatic hydroxyl groups is 1. The summed E-state index contributed by atoms with van der Waals surface area (Å²) in [5.74, 6) is -1.05. The summed E-state index contributed by atoms with van der Waals surface area (Å²) in [5.41, 5.74) is 0.675. The van der Waals surface area contributed by atoms with Crippen molar-refractivity contribution in [2.75, 3.05) is 12.4 Å². The number of anilines is 1. The molecule has 0 aromatic heterocycles. The largest absolute Gasteiger partial charge is 0.504 e. The van der Waals surface area contributed by atoms with Crippen molar-refractivity contribution in [3.05, 3.63) is 52.0 Å². The van der Waals surface area contributed by atoms with Crippen LogP contribution in [0.4, 0.5) is 14.5 Å². The van der Waals surface area contributed by atoms with E-state index in [1.165, 1.54) is 7.11 Å². The maximum atomic E-state index is 13.6. The summed E-state index contributed by atoms with van der Waals surface area (Å²) in [7, 11) is 1.45. The van der Waals surface area contributed by atoms with Crippen molar-refractivity contribution in [1.82, 2.24) is 0 Å². The van der Waals surface area contributed by atoms with E-state index in [1.807, 2.05) is 0 Å². The van der Waals surface area contributed by atoms with Gasteiger partial charge in [0, 0.05) is 22.6 Å². The zero-order valence-corrected chi connectivity index (χ0v) is 12.2. The molecule has 0 saturated heterocycles. The third kappa shape index (κ3) is 3.01. The van der Waals surface area contributed by atoms with Crippen LogP contribution in [0.2, 0.25) is 0 Å². The van der Waals surface area contributed by atoms with Gasteiger partial charge in [0.1, 0.15) is 11.6 Å². The first-order valence-corrected chi connectivity index (χ1v) is 6.55. The summed E-state index contributed by atoms with van der Waals surface area (Å²) in [4.78, 5) is 0. The minimum Gasteiger partial charge on any atom is -0.504 e. The van der Waals surface area contributed by atoms with Gasteiger partial charge in [-0.3, -0.25) is 0 Å². The number of ether oxygens (including phenoxy) is 1. The van der Waals surface area contributed by atoms with Crippen LogP contribution in [0.5, 0.6) is 11.5 Å². The molecule has 0 aliphatic carbocycles. The predicted octanol–water partition coefficient (Wildman–Crippen LogP) is 4.05. The van der Waals surface area contributed by atoms with Crippen LogP contribution >= 0.6 is 15.9 Å². The lowest BCUT2D eigenvalue weighted by Gasteiger charge is -2.12. The van der Waals surface area contributed by atoms with Crippen LogP contribution in [0.15, 0.2) is 34.8 Å². The van der Waals surface area contributed by atoms with Crippen molar-refractivity contribution in [2.24, 2.45) is 0 Å². The minimum atomic E-state index is -0.709. The molecule has 0 aliphatic heterocycles. The Labute approximate surface area is 123 Å². The molecule has 6 heteroatoms. The molecule has 0 amide bonds. The van der Waals surface area contributed by atoms with E-state index in [4.69, 9.17) is 4.74 Å². The molecule has 0 heterocycles. The van der Waals surface area contributed by atoms with Gasteiger partial charge in [0.15, 0.2) is 11.5 Å². The van der Waals surface area contributed by atoms with Gasteiger partial charge < -0.3 is 15.2 Å². The molecule has 3 nitrogen and oxygen atoms in total. The van der Waals surface area contributed by atoms with Gasteiger partial charge in [-0.05, 0) is 28.1 Å². The van der Waals surface area contributed by atoms with E-state index < -0.39 is 11.6 Å². The molecule has 0 aliphatic rings. The topological polar surface area (TPSA) is 41.5 Å². The van der Waals surface area contributed by atoms with Gasteiger partial charge in [-0.15, -0.1) is 0 Å². The highest BCUT2D eigenvalue weighted by atomic mass is 79.9. The fraction of sp³-hybridized carbons (Fsp3) is 0.143. The monoisotopic (exact) mass is 343 g/mol. The molecule has 20 heavy (non-hydrogen) atoms. The molecule has 2 aromatic rings. The van der Waals surface area contributed by atoms with E-state index in [-0.39, 0.29) is 22.5 Å². The van der Waals surface area contributed by atoms with Gasteiger partial charge in [0.25, 0.3) is 0 Å². The Bertz CT molecular complexity index is 612. The third-order valence-corrected chi connectivity index (χ3v) is 3.39. The predicted molar refractivity (Wildman–Crippen MR) is 76.0 cm³/mol. The normalized spacial score (nSPS) is 10.4. The molecule has 0 fully saturated rings. The Morgan fingerprint density at radius 3 is 2.70 bits per heavy atom. The van der Waals surface area contributed by atoms with Crippen molar-refractivity contribution >= 4 is 21.6 Å². The lowest BCUT2D eigenvalue weighted by molar-refractivity contribution is 0.371. The molecule has 0 bridgehead atoms. The molecule has 0 radical (unpaired) electrons. The Hall–Kier alpha value is -1.82. The highest BCUT2D eigenvalue weighted by molar-refractivity contribution is 9.10. The number of nitrogens with one attached hydrogen (secondary N) is 1. The number of halogens is 3. The van der Waals surface area contributed by atoms with Crippen LogP contribution in [-0.4, -0.2) is 12.2 Å². The van der Waals surface area contributed by atoms with Crippen molar-refractivity contribution in [3.63, 3.8) is 0 Å². The van der Waals surface area contributed by atoms with Crippen LogP contribution in [0.3, 0.4) is 0 Å². The van der Waals surface area contributed by atoms with Crippen LogP contribution in [0.1, 0.15) is 5.56 Å². The van der Waals surface area contributed by atoms with Crippen molar-refractivity contribution < 1.29 is 18.6 Å². The third-order valence-electron chi connectivity index (χ3n) is 2.76. The summed E-state index contributed by atoms with van der Waals surface area (Å²) in [6.07, 6.45) is 0. The summed E-state index contributed by atoms with van der Waals surface area (Å²) < 4.78 is 31.9. The SMILES string of the molecule is COc1cccc(CNc2c(F)cc(F)cc2Br)c1O. The Balaban J connectivity index is 2.21. The quantitative estimate of drug-likeness (QED) is 0.879. The number of hydrogen-bond donors (Lipinski definition) is 2. The van der Waals surface area contributed by atoms with Crippen molar-refractivity contribution in [3.8, 4) is 11.5 Å². The van der Waals surface area contributed by atoms with E-state index in [0.29, 0.717) is 11.3 Å². The molecule has 2 N–H and O–H groups in total. The maximum Gasteiger partial charge on any atom is 0.162 e. The Kier molecular flexibility index (Phi) is 4.44. The smallest absolute Gasteiger partial charge is 0.162 e. The summed E-state index contributed by atoms with van der Waals surface area (Å²) in [5, 5.41) is 12.7. The lowest BCUT2D eigenvalue weighted by atomic mass is 10.1. The molecule has 106 valence electrons. The number of para-hydroxylation sites is 1. The van der Waals surface area contributed by atoms with E-state index in [0.717, 1.165) is 12.1 Å². The lowest BCUT2D eigenvalue weighted by Crippen LogP contribution is -2.03. The van der Waals surface area contributed by atoms with Crippen LogP contribution in [-0.2, 0) is 6.54 Å². The Morgan fingerprint density at radius 2 is 2.05 bits per heavy atom. The van der Waals surface area contributed by atoms with Gasteiger partial charge in [-0.1, -0.05) is 12.1 Å². The average molecular weight is 344 g/mol. The second-order valence-electron chi connectivity index (χ2n) is 4.07. The molecular formula is C14H12BrF2NO2. The molecule has 0 unspecified atom stereocenters. The number of methoxy groups -OCH3 is 1. The number of phenols is 1. The number of hydrogen-bond acceptors (Lipinski definition) is 3. The van der Waals surface area contributed by atoms with E-state index in [1.54, 1.807) is 18.2 Å². The zero-order chi connectivity index (χ0) is 14.7. The number of phenolic OH excluding ortho intramolecular Hbond substituents is 1. The fourth-order valence-corrected chi connectivity index (χ4v) is 2.32. The maximum absolute atomic E-state index is 13.6. The van der Waals surface area contributed by atoms with Gasteiger partial charge in [0.05, 0.1) is 12.8 Å². The van der Waals surface area contributed by atoms with Crippen molar-refractivity contribution in [2.45, 2.75) is 6.54 Å². The highest BCUT2D eigenvalue weighted by Gasteiger charge is 2.11. The summed E-state index contributed by atoms with van der Waals surface area (Å²) in [6, 6.07) is 6.97. The molecule has 0 spiro atoms. The first-order valence-electron chi connectivity index (χ1n) is 5.76. The van der Waals surface area contributed by atoms with E-state index in [9.17, 15) is 13.9 Å². The average Bonchev–Trinajstić information content (AvgIpc) is 2.39. The molecule has 2 aromatic carbocycles. The molecule has 0 atom stereocenters. The number of rotatable bonds is 4. The number of benzene rings is 2. The molecule has 0 saturated carbocycles. The highest BCUT2D eigenvalue weighted by Crippen LogP contribution is 2.31. The first kappa shape index (κ1) is 14.6. The zero-order valence-electron chi connectivity index (χ0n) is 10.6. The fourth-order valence-electron chi connectivity index (χ4n) is 1.77. The molecular weight excluding hydrogens is 332 g/mol. The second kappa shape index (κ2) is 6.09. The van der Waals surface area contributed by atoms with Gasteiger partial charge >= 0.3 is 0 Å². The summed E-state index contributed by atoms with van der Waals surface area (Å²) in [6.45, 7) is 0.171.